The number of nitrogens with two attached hydrogens (primary N) is 2. The summed E-state index contributed by atoms with van der Waals surface area (Å²) in [6.45, 7) is 2.10. The molecule has 0 aliphatic rings. The third-order valence-corrected chi connectivity index (χ3v) is 2.32. The van der Waals surface area contributed by atoms with Gasteiger partial charge in [-0.25, -0.2) is 4.39 Å². The Morgan fingerprint density at radius 1 is 1.43 bits per heavy atom. The van der Waals surface area contributed by atoms with Gasteiger partial charge >= 0.3 is 0 Å². The van der Waals surface area contributed by atoms with Crippen LogP contribution in [0.1, 0.15) is 37.8 Å². The molecule has 1 aromatic carbocycles. The molecule has 1 aromatic rings. The molecule has 0 aliphatic heterocycles. The molecule has 14 heavy (non-hydrogen) atoms. The first-order valence-corrected chi connectivity index (χ1v) is 4.95. The zero-order valence-electron chi connectivity index (χ0n) is 8.46. The van der Waals surface area contributed by atoms with Gasteiger partial charge in [0.2, 0.25) is 0 Å². The van der Waals surface area contributed by atoms with Gasteiger partial charge in [-0.2, -0.15) is 0 Å². The van der Waals surface area contributed by atoms with E-state index >= 15 is 0 Å². The average Bonchev–Trinajstić information content (AvgIpc) is 2.18. The Balaban J connectivity index is 2.77. The molecule has 0 unspecified atom stereocenters. The van der Waals surface area contributed by atoms with Crippen LogP contribution in [0.25, 0.3) is 0 Å². The maximum Gasteiger partial charge on any atom is 0.123 e. The van der Waals surface area contributed by atoms with Gasteiger partial charge in [0.25, 0.3) is 0 Å². The third kappa shape index (κ3) is 2.70. The van der Waals surface area contributed by atoms with Crippen molar-refractivity contribution in [3.8, 4) is 0 Å². The van der Waals surface area contributed by atoms with Crippen LogP contribution >= 0.6 is 0 Å². The summed E-state index contributed by atoms with van der Waals surface area (Å²) in [4.78, 5) is 0. The van der Waals surface area contributed by atoms with Gasteiger partial charge in [-0.1, -0.05) is 19.8 Å². The van der Waals surface area contributed by atoms with Crippen LogP contribution in [0.3, 0.4) is 0 Å². The molecule has 0 aliphatic carbocycles. The van der Waals surface area contributed by atoms with E-state index in [1.54, 1.807) is 6.07 Å². The number of halogens is 1. The highest BCUT2D eigenvalue weighted by Gasteiger charge is 2.09. The van der Waals surface area contributed by atoms with Crippen LogP contribution in [0, 0.1) is 5.82 Å². The third-order valence-electron chi connectivity index (χ3n) is 2.32. The lowest BCUT2D eigenvalue weighted by molar-refractivity contribution is 0.590. The number of hydrogen-bond donors (Lipinski definition) is 2. The zero-order chi connectivity index (χ0) is 10.6. The second-order valence-electron chi connectivity index (χ2n) is 3.52. The number of rotatable bonds is 4. The molecule has 0 heterocycles. The van der Waals surface area contributed by atoms with Crippen molar-refractivity contribution in [3.63, 3.8) is 0 Å². The molecule has 4 N–H and O–H groups in total. The van der Waals surface area contributed by atoms with E-state index in [-0.39, 0.29) is 11.9 Å². The largest absolute Gasteiger partial charge is 0.398 e. The minimum Gasteiger partial charge on any atom is -0.398 e. The number of unbranched alkanes of at least 4 members (excludes halogenated alkanes) is 1. The number of hydrogen-bond acceptors (Lipinski definition) is 2. The summed E-state index contributed by atoms with van der Waals surface area (Å²) < 4.78 is 12.9. The fraction of sp³-hybridized carbons (Fsp3) is 0.455. The van der Waals surface area contributed by atoms with E-state index in [4.69, 9.17) is 11.5 Å². The fourth-order valence-electron chi connectivity index (χ4n) is 1.45. The van der Waals surface area contributed by atoms with Crippen LogP contribution in [0.4, 0.5) is 10.1 Å². The summed E-state index contributed by atoms with van der Waals surface area (Å²) in [5.74, 6) is -0.277. The van der Waals surface area contributed by atoms with Crippen molar-refractivity contribution in [2.75, 3.05) is 5.73 Å². The van der Waals surface area contributed by atoms with Gasteiger partial charge < -0.3 is 11.5 Å². The van der Waals surface area contributed by atoms with Crippen molar-refractivity contribution in [2.24, 2.45) is 5.73 Å². The van der Waals surface area contributed by atoms with E-state index in [2.05, 4.69) is 6.92 Å². The second kappa shape index (κ2) is 4.96. The molecule has 3 heteroatoms. The first kappa shape index (κ1) is 11.0. The van der Waals surface area contributed by atoms with E-state index in [0.717, 1.165) is 24.8 Å². The van der Waals surface area contributed by atoms with Crippen LogP contribution in [-0.2, 0) is 0 Å². The lowest BCUT2D eigenvalue weighted by Crippen LogP contribution is -2.12. The van der Waals surface area contributed by atoms with Gasteiger partial charge in [0.1, 0.15) is 5.82 Å². The molecule has 0 saturated carbocycles. The average molecular weight is 196 g/mol. The number of nitrogen functional groups attached to an aromatic ring is 1. The van der Waals surface area contributed by atoms with Crippen LogP contribution in [0.2, 0.25) is 0 Å². The van der Waals surface area contributed by atoms with Crippen molar-refractivity contribution in [3.05, 3.63) is 29.6 Å². The predicted octanol–water partition coefficient (Wildman–Crippen LogP) is 2.60. The van der Waals surface area contributed by atoms with Gasteiger partial charge in [0, 0.05) is 11.7 Å². The Morgan fingerprint density at radius 2 is 2.14 bits per heavy atom. The van der Waals surface area contributed by atoms with Crippen molar-refractivity contribution >= 4 is 5.69 Å². The summed E-state index contributed by atoms with van der Waals surface area (Å²) >= 11 is 0. The van der Waals surface area contributed by atoms with Crippen molar-refractivity contribution < 1.29 is 4.39 Å². The molecule has 0 fully saturated rings. The fourth-order valence-corrected chi connectivity index (χ4v) is 1.45. The first-order valence-electron chi connectivity index (χ1n) is 4.95. The molecule has 0 amide bonds. The van der Waals surface area contributed by atoms with Crippen molar-refractivity contribution in [1.82, 2.24) is 0 Å². The second-order valence-corrected chi connectivity index (χ2v) is 3.52. The van der Waals surface area contributed by atoms with Gasteiger partial charge in [-0.3, -0.25) is 0 Å². The number of anilines is 1. The van der Waals surface area contributed by atoms with E-state index in [9.17, 15) is 4.39 Å². The van der Waals surface area contributed by atoms with E-state index in [1.165, 1.54) is 12.1 Å². The van der Waals surface area contributed by atoms with Gasteiger partial charge in [0.15, 0.2) is 0 Å². The summed E-state index contributed by atoms with van der Waals surface area (Å²) in [6, 6.07) is 4.20. The van der Waals surface area contributed by atoms with Crippen molar-refractivity contribution in [2.45, 2.75) is 32.2 Å². The smallest absolute Gasteiger partial charge is 0.123 e. The Morgan fingerprint density at radius 3 is 2.79 bits per heavy atom. The van der Waals surface area contributed by atoms with E-state index in [1.807, 2.05) is 0 Å². The molecule has 78 valence electrons. The first-order chi connectivity index (χ1) is 6.65. The van der Waals surface area contributed by atoms with E-state index < -0.39 is 0 Å². The Labute approximate surface area is 84.1 Å². The highest BCUT2D eigenvalue weighted by molar-refractivity contribution is 5.48. The molecule has 0 spiro atoms. The molecule has 0 bridgehead atoms. The highest BCUT2D eigenvalue weighted by Crippen LogP contribution is 2.23. The molecule has 0 aromatic heterocycles. The number of benzene rings is 1. The zero-order valence-corrected chi connectivity index (χ0v) is 8.46. The van der Waals surface area contributed by atoms with Gasteiger partial charge in [-0.05, 0) is 30.2 Å². The lowest BCUT2D eigenvalue weighted by atomic mass is 10.0. The maximum absolute atomic E-state index is 12.9. The molecular formula is C11H17FN2. The van der Waals surface area contributed by atoms with Crippen LogP contribution < -0.4 is 11.5 Å². The maximum atomic E-state index is 12.9. The predicted molar refractivity (Wildman–Crippen MR) is 57.3 cm³/mol. The van der Waals surface area contributed by atoms with Crippen LogP contribution in [0.5, 0.6) is 0 Å². The highest BCUT2D eigenvalue weighted by atomic mass is 19.1. The van der Waals surface area contributed by atoms with Crippen LogP contribution in [0.15, 0.2) is 18.2 Å². The van der Waals surface area contributed by atoms with Gasteiger partial charge in [-0.15, -0.1) is 0 Å². The minimum absolute atomic E-state index is 0.148. The van der Waals surface area contributed by atoms with E-state index in [0.29, 0.717) is 5.69 Å². The van der Waals surface area contributed by atoms with Gasteiger partial charge in [0.05, 0.1) is 0 Å². The topological polar surface area (TPSA) is 52.0 Å². The summed E-state index contributed by atoms with van der Waals surface area (Å²) in [6.07, 6.45) is 2.98. The SMILES string of the molecule is CCCC[C@H](N)c1cc(F)ccc1N. The van der Waals surface area contributed by atoms with Crippen molar-refractivity contribution in [1.29, 1.82) is 0 Å². The molecule has 1 atom stereocenters. The standard InChI is InChI=1S/C11H17FN2/c1-2-3-4-10(13)9-7-8(12)5-6-11(9)14/h5-7,10H,2-4,13-14H2,1H3/t10-/m0/s1. The Kier molecular flexibility index (Phi) is 3.89. The monoisotopic (exact) mass is 196 g/mol. The normalized spacial score (nSPS) is 12.8. The summed E-state index contributed by atoms with van der Waals surface area (Å²) in [5.41, 5.74) is 12.9. The quantitative estimate of drug-likeness (QED) is 0.727. The Bertz CT molecular complexity index is 299. The molecular weight excluding hydrogens is 179 g/mol. The summed E-state index contributed by atoms with van der Waals surface area (Å²) in [7, 11) is 0. The molecule has 2 nitrogen and oxygen atoms in total. The molecule has 0 radical (unpaired) electrons. The minimum atomic E-state index is -0.277. The summed E-state index contributed by atoms with van der Waals surface area (Å²) in [5, 5.41) is 0. The molecule has 0 saturated heterocycles. The Hall–Kier alpha value is -1.09. The molecule has 1 rings (SSSR count). The van der Waals surface area contributed by atoms with Crippen LogP contribution in [-0.4, -0.2) is 0 Å². The lowest BCUT2D eigenvalue weighted by Gasteiger charge is -2.13.